The summed E-state index contributed by atoms with van der Waals surface area (Å²) in [6.45, 7) is 6.73. The molecule has 2 aliphatic carbocycles. The number of aliphatic hydroxyl groups is 1. The number of fused-ring (bicyclic) bond motifs is 1. The second-order valence-electron chi connectivity index (χ2n) is 6.40. The third kappa shape index (κ3) is 1.41. The van der Waals surface area contributed by atoms with E-state index in [2.05, 4.69) is 20.8 Å². The maximum absolute atomic E-state index is 10.4. The van der Waals surface area contributed by atoms with E-state index in [9.17, 15) is 5.11 Å². The fourth-order valence-corrected chi connectivity index (χ4v) is 3.97. The van der Waals surface area contributed by atoms with E-state index in [0.717, 1.165) is 18.4 Å². The first-order valence-corrected chi connectivity index (χ1v) is 6.64. The first-order valence-electron chi connectivity index (χ1n) is 6.64. The molecule has 1 N–H and O–H groups in total. The lowest BCUT2D eigenvalue weighted by Gasteiger charge is -2.44. The molecule has 96 valence electrons. The predicted molar refractivity (Wildman–Crippen MR) is 72.1 cm³/mol. The van der Waals surface area contributed by atoms with Crippen LogP contribution in [-0.2, 0) is 0 Å². The Morgan fingerprint density at radius 2 is 2.00 bits per heavy atom. The van der Waals surface area contributed by atoms with Crippen LogP contribution in [0.5, 0.6) is 0 Å². The van der Waals surface area contributed by atoms with Crippen LogP contribution >= 0.6 is 0 Å². The fourth-order valence-electron chi connectivity index (χ4n) is 3.97. The van der Waals surface area contributed by atoms with E-state index in [-0.39, 0.29) is 10.8 Å². The van der Waals surface area contributed by atoms with Crippen molar-refractivity contribution in [2.75, 3.05) is 0 Å². The number of allylic oxidation sites excluding steroid dienone is 3. The lowest BCUT2D eigenvalue weighted by Crippen LogP contribution is -2.34. The van der Waals surface area contributed by atoms with Gasteiger partial charge in [0, 0.05) is 11.0 Å². The highest BCUT2D eigenvalue weighted by Crippen LogP contribution is 2.60. The average molecular weight is 244 g/mol. The van der Waals surface area contributed by atoms with Crippen molar-refractivity contribution in [3.63, 3.8) is 0 Å². The van der Waals surface area contributed by atoms with Gasteiger partial charge in [-0.1, -0.05) is 27.2 Å². The summed E-state index contributed by atoms with van der Waals surface area (Å²) >= 11 is 0. The van der Waals surface area contributed by atoms with E-state index in [1.807, 2.05) is 12.1 Å². The highest BCUT2D eigenvalue weighted by Gasteiger charge is 2.49. The largest absolute Gasteiger partial charge is 0.508 e. The molecule has 1 aromatic heterocycles. The topological polar surface area (TPSA) is 33.4 Å². The van der Waals surface area contributed by atoms with Crippen LogP contribution in [0, 0.1) is 10.8 Å². The zero-order valence-corrected chi connectivity index (χ0v) is 11.3. The minimum Gasteiger partial charge on any atom is -0.508 e. The van der Waals surface area contributed by atoms with Gasteiger partial charge in [-0.3, -0.25) is 0 Å². The van der Waals surface area contributed by atoms with Gasteiger partial charge in [-0.15, -0.1) is 0 Å². The summed E-state index contributed by atoms with van der Waals surface area (Å²) in [5, 5.41) is 10.4. The standard InChI is InChI=1S/C16H20O2/c1-15(2)6-4-7-16(3)12(9-13(17)14(15)16)11-5-8-18-10-11/h5,8-10,17H,4,6-7H2,1-3H3/t16-/m0/s1. The first kappa shape index (κ1) is 11.6. The van der Waals surface area contributed by atoms with Crippen molar-refractivity contribution in [2.24, 2.45) is 10.8 Å². The van der Waals surface area contributed by atoms with Crippen molar-refractivity contribution in [3.05, 3.63) is 41.6 Å². The number of furan rings is 1. The Hall–Kier alpha value is -1.44. The van der Waals surface area contributed by atoms with Crippen LogP contribution in [0.4, 0.5) is 0 Å². The molecule has 1 aromatic rings. The Morgan fingerprint density at radius 1 is 1.22 bits per heavy atom. The smallest absolute Gasteiger partial charge is 0.116 e. The van der Waals surface area contributed by atoms with Crippen molar-refractivity contribution in [2.45, 2.75) is 40.0 Å². The zero-order chi connectivity index (χ0) is 13.0. The Labute approximate surface area is 108 Å². The normalized spacial score (nSPS) is 30.3. The molecule has 1 saturated carbocycles. The van der Waals surface area contributed by atoms with Gasteiger partial charge in [0.05, 0.1) is 12.5 Å². The maximum atomic E-state index is 10.4. The van der Waals surface area contributed by atoms with E-state index < -0.39 is 0 Å². The SMILES string of the molecule is CC1(C)CCC[C@@]2(C)C(c3ccoc3)=CC(O)=C12. The van der Waals surface area contributed by atoms with E-state index >= 15 is 0 Å². The zero-order valence-electron chi connectivity index (χ0n) is 11.3. The molecule has 0 radical (unpaired) electrons. The number of hydrogen-bond donors (Lipinski definition) is 1. The monoisotopic (exact) mass is 244 g/mol. The van der Waals surface area contributed by atoms with Crippen LogP contribution in [0.15, 0.2) is 40.4 Å². The van der Waals surface area contributed by atoms with Crippen LogP contribution in [0.25, 0.3) is 5.57 Å². The fraction of sp³-hybridized carbons (Fsp3) is 0.500. The lowest BCUT2D eigenvalue weighted by atomic mass is 9.59. The summed E-state index contributed by atoms with van der Waals surface area (Å²) in [5.74, 6) is 0.471. The molecule has 0 saturated heterocycles. The van der Waals surface area contributed by atoms with Gasteiger partial charge < -0.3 is 9.52 Å². The van der Waals surface area contributed by atoms with E-state index in [1.165, 1.54) is 17.6 Å². The van der Waals surface area contributed by atoms with E-state index in [1.54, 1.807) is 12.5 Å². The molecule has 1 fully saturated rings. The average Bonchev–Trinajstić information content (AvgIpc) is 2.84. The van der Waals surface area contributed by atoms with Gasteiger partial charge in [0.15, 0.2) is 0 Å². The molecule has 0 aromatic carbocycles. The second-order valence-corrected chi connectivity index (χ2v) is 6.40. The van der Waals surface area contributed by atoms with Crippen LogP contribution in [-0.4, -0.2) is 5.11 Å². The molecule has 2 nitrogen and oxygen atoms in total. The summed E-state index contributed by atoms with van der Waals surface area (Å²) < 4.78 is 5.20. The highest BCUT2D eigenvalue weighted by molar-refractivity contribution is 5.79. The van der Waals surface area contributed by atoms with Crippen molar-refractivity contribution in [3.8, 4) is 0 Å². The summed E-state index contributed by atoms with van der Waals surface area (Å²) in [6, 6.07) is 1.98. The number of hydrogen-bond acceptors (Lipinski definition) is 2. The van der Waals surface area contributed by atoms with E-state index in [0.29, 0.717) is 5.76 Å². The summed E-state index contributed by atoms with van der Waals surface area (Å²) in [5.41, 5.74) is 3.56. The van der Waals surface area contributed by atoms with Gasteiger partial charge in [-0.2, -0.15) is 0 Å². The van der Waals surface area contributed by atoms with Gasteiger partial charge in [-0.05, 0) is 41.5 Å². The van der Waals surface area contributed by atoms with Crippen molar-refractivity contribution < 1.29 is 9.52 Å². The minimum absolute atomic E-state index is 0.0320. The van der Waals surface area contributed by atoms with Gasteiger partial charge in [0.25, 0.3) is 0 Å². The summed E-state index contributed by atoms with van der Waals surface area (Å²) in [4.78, 5) is 0. The van der Waals surface area contributed by atoms with Crippen LogP contribution in [0.1, 0.15) is 45.6 Å². The molecule has 0 amide bonds. The molecule has 0 unspecified atom stereocenters. The van der Waals surface area contributed by atoms with Gasteiger partial charge in [0.2, 0.25) is 0 Å². The van der Waals surface area contributed by atoms with E-state index in [4.69, 9.17) is 4.42 Å². The molecule has 0 bridgehead atoms. The maximum Gasteiger partial charge on any atom is 0.116 e. The lowest BCUT2D eigenvalue weighted by molar-refractivity contribution is 0.234. The van der Waals surface area contributed by atoms with Gasteiger partial charge >= 0.3 is 0 Å². The number of rotatable bonds is 1. The molecule has 2 heteroatoms. The first-order chi connectivity index (χ1) is 8.45. The molecule has 1 atom stereocenters. The molecular formula is C16H20O2. The van der Waals surface area contributed by atoms with Crippen LogP contribution in [0.2, 0.25) is 0 Å². The van der Waals surface area contributed by atoms with Crippen LogP contribution < -0.4 is 0 Å². The summed E-state index contributed by atoms with van der Waals surface area (Å²) in [6.07, 6.45) is 8.86. The molecule has 0 aliphatic heterocycles. The van der Waals surface area contributed by atoms with Gasteiger partial charge in [-0.25, -0.2) is 0 Å². The third-order valence-electron chi connectivity index (χ3n) is 4.67. The quantitative estimate of drug-likeness (QED) is 0.776. The van der Waals surface area contributed by atoms with Crippen molar-refractivity contribution in [1.29, 1.82) is 0 Å². The Bertz CT molecular complexity index is 531. The second kappa shape index (κ2) is 3.53. The Morgan fingerprint density at radius 3 is 2.67 bits per heavy atom. The van der Waals surface area contributed by atoms with Crippen molar-refractivity contribution in [1.82, 2.24) is 0 Å². The predicted octanol–water partition coefficient (Wildman–Crippen LogP) is 4.71. The highest BCUT2D eigenvalue weighted by atomic mass is 16.3. The molecule has 18 heavy (non-hydrogen) atoms. The molecule has 3 rings (SSSR count). The van der Waals surface area contributed by atoms with Crippen molar-refractivity contribution >= 4 is 5.57 Å². The third-order valence-corrected chi connectivity index (χ3v) is 4.67. The molecular weight excluding hydrogens is 224 g/mol. The molecule has 1 heterocycles. The molecule has 0 spiro atoms. The van der Waals surface area contributed by atoms with Gasteiger partial charge in [0.1, 0.15) is 5.76 Å². The Balaban J connectivity index is 2.12. The molecule has 2 aliphatic rings. The van der Waals surface area contributed by atoms with Crippen LogP contribution in [0.3, 0.4) is 0 Å². The Kier molecular flexibility index (Phi) is 2.28. The minimum atomic E-state index is -0.0320. The number of aliphatic hydroxyl groups excluding tert-OH is 1. The summed E-state index contributed by atoms with van der Waals surface area (Å²) in [7, 11) is 0.